The molecule has 5 heteroatoms. The molecule has 0 aliphatic rings. The first-order valence-corrected chi connectivity index (χ1v) is 7.42. The molecule has 3 rings (SSSR count). The number of fused-ring (bicyclic) bond motifs is 1. The standard InChI is InChI=1S/C18H19N3O2/c1-11-7-5-8-12(2)15(11)20-18(22)16-13(3)19-17-14(23-4)9-6-10-21(16)17/h5-10H,1-4H3,(H,20,22). The number of para-hydroxylation sites is 1. The number of carbonyl (C=O) groups is 1. The van der Waals surface area contributed by atoms with E-state index in [9.17, 15) is 4.79 Å². The Balaban J connectivity index is 2.07. The number of ether oxygens (including phenoxy) is 1. The largest absolute Gasteiger partial charge is 0.493 e. The quantitative estimate of drug-likeness (QED) is 0.805. The molecule has 0 spiro atoms. The van der Waals surface area contributed by atoms with E-state index in [0.29, 0.717) is 22.8 Å². The van der Waals surface area contributed by atoms with E-state index < -0.39 is 0 Å². The molecule has 1 amide bonds. The maximum absolute atomic E-state index is 12.8. The zero-order valence-corrected chi connectivity index (χ0v) is 13.7. The van der Waals surface area contributed by atoms with Gasteiger partial charge < -0.3 is 10.1 Å². The summed E-state index contributed by atoms with van der Waals surface area (Å²) in [5.74, 6) is 0.461. The van der Waals surface area contributed by atoms with Gasteiger partial charge in [0.15, 0.2) is 11.4 Å². The van der Waals surface area contributed by atoms with Crippen LogP contribution in [0.4, 0.5) is 5.69 Å². The minimum Gasteiger partial charge on any atom is -0.493 e. The smallest absolute Gasteiger partial charge is 0.274 e. The molecule has 0 unspecified atom stereocenters. The fourth-order valence-electron chi connectivity index (χ4n) is 2.77. The lowest BCUT2D eigenvalue weighted by molar-refractivity contribution is 0.102. The average molecular weight is 309 g/mol. The van der Waals surface area contributed by atoms with Gasteiger partial charge in [-0.15, -0.1) is 0 Å². The van der Waals surface area contributed by atoms with Crippen LogP contribution in [-0.2, 0) is 0 Å². The van der Waals surface area contributed by atoms with Gasteiger partial charge in [0.05, 0.1) is 12.8 Å². The van der Waals surface area contributed by atoms with Crippen molar-refractivity contribution >= 4 is 17.2 Å². The van der Waals surface area contributed by atoms with Crippen molar-refractivity contribution in [2.75, 3.05) is 12.4 Å². The van der Waals surface area contributed by atoms with Crippen LogP contribution in [0.15, 0.2) is 36.5 Å². The van der Waals surface area contributed by atoms with Crippen LogP contribution in [0.1, 0.15) is 27.3 Å². The van der Waals surface area contributed by atoms with Gasteiger partial charge in [0.1, 0.15) is 5.69 Å². The second-order valence-corrected chi connectivity index (χ2v) is 5.54. The monoisotopic (exact) mass is 309 g/mol. The molecule has 2 aromatic heterocycles. The first kappa shape index (κ1) is 15.1. The summed E-state index contributed by atoms with van der Waals surface area (Å²) in [5.41, 5.74) is 4.72. The summed E-state index contributed by atoms with van der Waals surface area (Å²) in [6.45, 7) is 5.78. The third kappa shape index (κ3) is 2.54. The summed E-state index contributed by atoms with van der Waals surface area (Å²) in [6.07, 6.45) is 1.82. The molecule has 2 heterocycles. The Bertz CT molecular complexity index is 876. The Labute approximate surface area is 134 Å². The van der Waals surface area contributed by atoms with Gasteiger partial charge in [-0.2, -0.15) is 0 Å². The molecule has 0 aliphatic carbocycles. The van der Waals surface area contributed by atoms with Crippen LogP contribution in [-0.4, -0.2) is 22.4 Å². The highest BCUT2D eigenvalue weighted by Crippen LogP contribution is 2.24. The average Bonchev–Trinajstić information content (AvgIpc) is 2.86. The molecule has 0 saturated heterocycles. The van der Waals surface area contributed by atoms with Crippen molar-refractivity contribution in [1.29, 1.82) is 0 Å². The highest BCUT2D eigenvalue weighted by molar-refractivity contribution is 6.05. The van der Waals surface area contributed by atoms with Crippen molar-refractivity contribution < 1.29 is 9.53 Å². The van der Waals surface area contributed by atoms with Crippen LogP contribution in [0.5, 0.6) is 5.75 Å². The van der Waals surface area contributed by atoms with Crippen molar-refractivity contribution in [3.63, 3.8) is 0 Å². The van der Waals surface area contributed by atoms with E-state index >= 15 is 0 Å². The van der Waals surface area contributed by atoms with E-state index in [0.717, 1.165) is 16.8 Å². The fraction of sp³-hybridized carbons (Fsp3) is 0.222. The summed E-state index contributed by atoms with van der Waals surface area (Å²) >= 11 is 0. The van der Waals surface area contributed by atoms with E-state index in [1.54, 1.807) is 11.5 Å². The van der Waals surface area contributed by atoms with Crippen LogP contribution < -0.4 is 10.1 Å². The Morgan fingerprint density at radius 1 is 1.13 bits per heavy atom. The minimum atomic E-state index is -0.180. The second kappa shape index (κ2) is 5.76. The molecular formula is C18H19N3O2. The van der Waals surface area contributed by atoms with Crippen molar-refractivity contribution in [3.05, 3.63) is 59.0 Å². The zero-order chi connectivity index (χ0) is 16.6. The number of methoxy groups -OCH3 is 1. The Kier molecular flexibility index (Phi) is 3.78. The summed E-state index contributed by atoms with van der Waals surface area (Å²) in [6, 6.07) is 9.60. The fourth-order valence-corrected chi connectivity index (χ4v) is 2.77. The molecule has 1 N–H and O–H groups in total. The van der Waals surface area contributed by atoms with E-state index in [1.807, 2.05) is 57.3 Å². The van der Waals surface area contributed by atoms with Gasteiger partial charge in [-0.3, -0.25) is 9.20 Å². The van der Waals surface area contributed by atoms with Crippen LogP contribution in [0.3, 0.4) is 0 Å². The number of benzene rings is 1. The lowest BCUT2D eigenvalue weighted by atomic mass is 10.1. The van der Waals surface area contributed by atoms with Gasteiger partial charge in [-0.1, -0.05) is 18.2 Å². The topological polar surface area (TPSA) is 55.6 Å². The van der Waals surface area contributed by atoms with Gasteiger partial charge in [0, 0.05) is 11.9 Å². The van der Waals surface area contributed by atoms with Crippen LogP contribution in [0.25, 0.3) is 5.65 Å². The number of aromatic nitrogens is 2. The molecule has 0 atom stereocenters. The molecule has 5 nitrogen and oxygen atoms in total. The minimum absolute atomic E-state index is 0.180. The van der Waals surface area contributed by atoms with Crippen molar-refractivity contribution in [3.8, 4) is 5.75 Å². The van der Waals surface area contributed by atoms with E-state index in [-0.39, 0.29) is 5.91 Å². The number of carbonyl (C=O) groups excluding carboxylic acids is 1. The maximum Gasteiger partial charge on any atom is 0.274 e. The van der Waals surface area contributed by atoms with Crippen LogP contribution in [0, 0.1) is 20.8 Å². The van der Waals surface area contributed by atoms with Gasteiger partial charge in [0.25, 0.3) is 5.91 Å². The number of anilines is 1. The van der Waals surface area contributed by atoms with Crippen LogP contribution in [0.2, 0.25) is 0 Å². The van der Waals surface area contributed by atoms with Gasteiger partial charge in [-0.25, -0.2) is 4.98 Å². The lowest BCUT2D eigenvalue weighted by Gasteiger charge is -2.12. The van der Waals surface area contributed by atoms with Gasteiger partial charge in [0.2, 0.25) is 0 Å². The summed E-state index contributed by atoms with van der Waals surface area (Å²) < 4.78 is 7.08. The van der Waals surface area contributed by atoms with Gasteiger partial charge >= 0.3 is 0 Å². The van der Waals surface area contributed by atoms with E-state index in [2.05, 4.69) is 10.3 Å². The van der Waals surface area contributed by atoms with Crippen molar-refractivity contribution in [2.45, 2.75) is 20.8 Å². The number of aryl methyl sites for hydroxylation is 3. The molecule has 0 aliphatic heterocycles. The molecule has 0 fully saturated rings. The molecule has 0 radical (unpaired) electrons. The number of pyridine rings is 1. The summed E-state index contributed by atoms with van der Waals surface area (Å²) in [5, 5.41) is 3.01. The predicted molar refractivity (Wildman–Crippen MR) is 90.4 cm³/mol. The van der Waals surface area contributed by atoms with E-state index in [4.69, 9.17) is 4.74 Å². The maximum atomic E-state index is 12.8. The van der Waals surface area contributed by atoms with Crippen molar-refractivity contribution in [1.82, 2.24) is 9.38 Å². The highest BCUT2D eigenvalue weighted by atomic mass is 16.5. The third-order valence-electron chi connectivity index (χ3n) is 3.94. The number of hydrogen-bond acceptors (Lipinski definition) is 3. The van der Waals surface area contributed by atoms with Gasteiger partial charge in [-0.05, 0) is 44.0 Å². The summed E-state index contributed by atoms with van der Waals surface area (Å²) in [4.78, 5) is 17.3. The molecule has 0 bridgehead atoms. The van der Waals surface area contributed by atoms with Crippen molar-refractivity contribution in [2.24, 2.45) is 0 Å². The Morgan fingerprint density at radius 3 is 2.48 bits per heavy atom. The summed E-state index contributed by atoms with van der Waals surface area (Å²) in [7, 11) is 1.59. The number of imidazole rings is 1. The SMILES string of the molecule is COc1cccn2c(C(=O)Nc3c(C)cccc3C)c(C)nc12. The normalized spacial score (nSPS) is 10.8. The molecule has 1 aromatic carbocycles. The zero-order valence-electron chi connectivity index (χ0n) is 13.7. The second-order valence-electron chi connectivity index (χ2n) is 5.54. The number of nitrogens with zero attached hydrogens (tertiary/aromatic N) is 2. The number of rotatable bonds is 3. The number of amides is 1. The Hall–Kier alpha value is -2.82. The third-order valence-corrected chi connectivity index (χ3v) is 3.94. The number of nitrogens with one attached hydrogen (secondary N) is 1. The first-order chi connectivity index (χ1) is 11.0. The highest BCUT2D eigenvalue weighted by Gasteiger charge is 2.19. The number of hydrogen-bond donors (Lipinski definition) is 1. The molecule has 0 saturated carbocycles. The predicted octanol–water partition coefficient (Wildman–Crippen LogP) is 3.52. The molecule has 23 heavy (non-hydrogen) atoms. The molecular weight excluding hydrogens is 290 g/mol. The first-order valence-electron chi connectivity index (χ1n) is 7.42. The van der Waals surface area contributed by atoms with E-state index in [1.165, 1.54) is 0 Å². The lowest BCUT2D eigenvalue weighted by Crippen LogP contribution is -2.17. The Morgan fingerprint density at radius 2 is 1.83 bits per heavy atom. The molecule has 3 aromatic rings. The molecule has 118 valence electrons. The van der Waals surface area contributed by atoms with Crippen LogP contribution >= 0.6 is 0 Å².